The molecular weight excluding hydrogens is 246 g/mol. The Morgan fingerprint density at radius 1 is 1.20 bits per heavy atom. The van der Waals surface area contributed by atoms with Crippen molar-refractivity contribution in [2.45, 2.75) is 82.8 Å². The van der Waals surface area contributed by atoms with Crippen LogP contribution in [0.1, 0.15) is 65.2 Å². The van der Waals surface area contributed by atoms with Crippen LogP contribution in [0, 0.1) is 16.7 Å². The van der Waals surface area contributed by atoms with E-state index in [0.717, 1.165) is 12.8 Å². The number of nitrogens with one attached hydrogen (secondary N) is 1. The van der Waals surface area contributed by atoms with Gasteiger partial charge in [-0.1, -0.05) is 13.8 Å². The standard InChI is InChI=1S/C17H29N3/c1-3-16(4-2)9-10-20(13-16)15-7-8-17(11-15,12-18)19-14-5-6-14/h14-15,19H,3-11,13H2,1-2H3. The van der Waals surface area contributed by atoms with Gasteiger partial charge in [0.1, 0.15) is 5.54 Å². The second-order valence-corrected chi connectivity index (χ2v) is 7.44. The quantitative estimate of drug-likeness (QED) is 0.838. The summed E-state index contributed by atoms with van der Waals surface area (Å²) in [5.74, 6) is 0. The number of hydrogen-bond acceptors (Lipinski definition) is 3. The lowest BCUT2D eigenvalue weighted by Gasteiger charge is -2.30. The lowest BCUT2D eigenvalue weighted by Crippen LogP contribution is -2.45. The van der Waals surface area contributed by atoms with Crippen LogP contribution in [0.2, 0.25) is 0 Å². The van der Waals surface area contributed by atoms with Crippen molar-refractivity contribution in [1.29, 1.82) is 5.26 Å². The molecule has 0 aromatic rings. The molecule has 1 aliphatic heterocycles. The molecule has 2 atom stereocenters. The third kappa shape index (κ3) is 2.61. The summed E-state index contributed by atoms with van der Waals surface area (Å²) in [4.78, 5) is 2.70. The third-order valence-electron chi connectivity index (χ3n) is 6.24. The van der Waals surface area contributed by atoms with Gasteiger partial charge in [-0.2, -0.15) is 5.26 Å². The minimum Gasteiger partial charge on any atom is -0.300 e. The molecule has 112 valence electrons. The van der Waals surface area contributed by atoms with Gasteiger partial charge < -0.3 is 0 Å². The minimum atomic E-state index is -0.213. The molecule has 1 N–H and O–H groups in total. The largest absolute Gasteiger partial charge is 0.300 e. The molecule has 2 aliphatic carbocycles. The number of hydrogen-bond donors (Lipinski definition) is 1. The first-order chi connectivity index (χ1) is 9.64. The zero-order valence-electron chi connectivity index (χ0n) is 13.1. The van der Waals surface area contributed by atoms with Crippen LogP contribution < -0.4 is 5.32 Å². The molecule has 2 saturated carbocycles. The predicted molar refractivity (Wildman–Crippen MR) is 81.3 cm³/mol. The second-order valence-electron chi connectivity index (χ2n) is 7.44. The summed E-state index contributed by atoms with van der Waals surface area (Å²) in [6.45, 7) is 7.19. The third-order valence-corrected chi connectivity index (χ3v) is 6.24. The van der Waals surface area contributed by atoms with Crippen molar-refractivity contribution in [3.63, 3.8) is 0 Å². The molecule has 0 bridgehead atoms. The molecule has 1 heterocycles. The maximum atomic E-state index is 9.62. The van der Waals surface area contributed by atoms with Gasteiger partial charge >= 0.3 is 0 Å². The topological polar surface area (TPSA) is 39.1 Å². The predicted octanol–water partition coefficient (Wildman–Crippen LogP) is 3.07. The summed E-state index contributed by atoms with van der Waals surface area (Å²) in [6, 6.07) is 3.89. The van der Waals surface area contributed by atoms with Crippen molar-refractivity contribution in [1.82, 2.24) is 10.2 Å². The molecule has 3 aliphatic rings. The number of rotatable bonds is 5. The molecule has 0 radical (unpaired) electrons. The van der Waals surface area contributed by atoms with Gasteiger partial charge in [-0.3, -0.25) is 10.2 Å². The van der Waals surface area contributed by atoms with Crippen LogP contribution in [0.3, 0.4) is 0 Å². The number of likely N-dealkylation sites (tertiary alicyclic amines) is 1. The second kappa shape index (κ2) is 5.31. The molecule has 0 amide bonds. The molecule has 3 fully saturated rings. The average molecular weight is 275 g/mol. The van der Waals surface area contributed by atoms with Crippen LogP contribution in [0.25, 0.3) is 0 Å². The molecule has 3 heteroatoms. The van der Waals surface area contributed by atoms with E-state index in [4.69, 9.17) is 0 Å². The molecule has 0 aromatic carbocycles. The van der Waals surface area contributed by atoms with Crippen molar-refractivity contribution in [2.24, 2.45) is 5.41 Å². The maximum Gasteiger partial charge on any atom is 0.108 e. The molecule has 2 unspecified atom stereocenters. The molecule has 3 nitrogen and oxygen atoms in total. The lowest BCUT2D eigenvalue weighted by atomic mass is 9.82. The van der Waals surface area contributed by atoms with Crippen LogP contribution in [-0.2, 0) is 0 Å². The summed E-state index contributed by atoms with van der Waals surface area (Å²) in [7, 11) is 0. The average Bonchev–Trinajstić information content (AvgIpc) is 3.03. The highest BCUT2D eigenvalue weighted by atomic mass is 15.2. The Bertz CT molecular complexity index is 392. The lowest BCUT2D eigenvalue weighted by molar-refractivity contribution is 0.190. The van der Waals surface area contributed by atoms with Crippen molar-refractivity contribution in [3.8, 4) is 6.07 Å². The van der Waals surface area contributed by atoms with Crippen molar-refractivity contribution in [2.75, 3.05) is 13.1 Å². The van der Waals surface area contributed by atoms with Crippen LogP contribution in [0.15, 0.2) is 0 Å². The van der Waals surface area contributed by atoms with Crippen LogP contribution >= 0.6 is 0 Å². The molecule has 1 saturated heterocycles. The maximum absolute atomic E-state index is 9.62. The van der Waals surface area contributed by atoms with E-state index < -0.39 is 0 Å². The highest BCUT2D eigenvalue weighted by Gasteiger charge is 2.47. The van der Waals surface area contributed by atoms with Gasteiger partial charge in [0, 0.05) is 18.6 Å². The normalized spacial score (nSPS) is 37.1. The fourth-order valence-corrected chi connectivity index (χ4v) is 4.32. The molecular formula is C17H29N3. The minimum absolute atomic E-state index is 0.213. The smallest absolute Gasteiger partial charge is 0.108 e. The van der Waals surface area contributed by atoms with Crippen LogP contribution in [0.5, 0.6) is 0 Å². The van der Waals surface area contributed by atoms with E-state index in [-0.39, 0.29) is 5.54 Å². The van der Waals surface area contributed by atoms with Gasteiger partial charge in [0.05, 0.1) is 6.07 Å². The van der Waals surface area contributed by atoms with Gasteiger partial charge in [-0.25, -0.2) is 0 Å². The van der Waals surface area contributed by atoms with E-state index in [1.807, 2.05) is 0 Å². The summed E-state index contributed by atoms with van der Waals surface area (Å²) in [6.07, 6.45) is 9.80. The van der Waals surface area contributed by atoms with Crippen LogP contribution in [-0.4, -0.2) is 35.6 Å². The highest BCUT2D eigenvalue weighted by Crippen LogP contribution is 2.42. The van der Waals surface area contributed by atoms with Crippen molar-refractivity contribution < 1.29 is 0 Å². The Morgan fingerprint density at radius 2 is 1.95 bits per heavy atom. The highest BCUT2D eigenvalue weighted by molar-refractivity contribution is 5.16. The van der Waals surface area contributed by atoms with Gasteiger partial charge in [0.2, 0.25) is 0 Å². The summed E-state index contributed by atoms with van der Waals surface area (Å²) in [5, 5.41) is 13.2. The van der Waals surface area contributed by atoms with E-state index >= 15 is 0 Å². The zero-order chi connectivity index (χ0) is 14.2. The summed E-state index contributed by atoms with van der Waals surface area (Å²) >= 11 is 0. The Balaban J connectivity index is 1.61. The first-order valence-corrected chi connectivity index (χ1v) is 8.57. The van der Waals surface area contributed by atoms with Gasteiger partial charge in [0.15, 0.2) is 0 Å². The SMILES string of the molecule is CCC1(CC)CCN(C2CCC(C#N)(NC3CC3)C2)C1. The van der Waals surface area contributed by atoms with Crippen LogP contribution in [0.4, 0.5) is 0 Å². The fourth-order valence-electron chi connectivity index (χ4n) is 4.32. The van der Waals surface area contributed by atoms with Crippen molar-refractivity contribution >= 4 is 0 Å². The summed E-state index contributed by atoms with van der Waals surface area (Å²) in [5.41, 5.74) is 0.345. The fraction of sp³-hybridized carbons (Fsp3) is 0.941. The van der Waals surface area contributed by atoms with E-state index in [0.29, 0.717) is 17.5 Å². The Hall–Kier alpha value is -0.590. The Kier molecular flexibility index (Phi) is 3.81. The van der Waals surface area contributed by atoms with Gasteiger partial charge in [-0.05, 0) is 63.3 Å². The van der Waals surface area contributed by atoms with E-state index in [1.54, 1.807) is 0 Å². The van der Waals surface area contributed by atoms with E-state index in [1.165, 1.54) is 51.6 Å². The molecule has 3 rings (SSSR count). The molecule has 0 aromatic heterocycles. The van der Waals surface area contributed by atoms with Gasteiger partial charge in [-0.15, -0.1) is 0 Å². The Morgan fingerprint density at radius 3 is 2.50 bits per heavy atom. The van der Waals surface area contributed by atoms with E-state index in [9.17, 15) is 5.26 Å². The first kappa shape index (κ1) is 14.4. The monoisotopic (exact) mass is 275 g/mol. The van der Waals surface area contributed by atoms with E-state index in [2.05, 4.69) is 30.1 Å². The molecule has 0 spiro atoms. The van der Waals surface area contributed by atoms with Crippen molar-refractivity contribution in [3.05, 3.63) is 0 Å². The first-order valence-electron chi connectivity index (χ1n) is 8.57. The van der Waals surface area contributed by atoms with Gasteiger partial charge in [0.25, 0.3) is 0 Å². The Labute approximate surface area is 123 Å². The zero-order valence-corrected chi connectivity index (χ0v) is 13.1. The number of nitrogens with zero attached hydrogens (tertiary/aromatic N) is 2. The molecule has 20 heavy (non-hydrogen) atoms. The number of nitriles is 1. The summed E-state index contributed by atoms with van der Waals surface area (Å²) < 4.78 is 0.